The summed E-state index contributed by atoms with van der Waals surface area (Å²) in [4.78, 5) is 6.93. The zero-order valence-electron chi connectivity index (χ0n) is 6.15. The van der Waals surface area contributed by atoms with Crippen LogP contribution in [0.4, 0.5) is 0 Å². The van der Waals surface area contributed by atoms with Gasteiger partial charge >= 0.3 is 68.0 Å². The Balaban J connectivity index is 2.52. The summed E-state index contributed by atoms with van der Waals surface area (Å²) in [5.41, 5.74) is 1.71. The molecule has 0 atom stereocenters. The molecular formula is C7H5BN2O2. The molecule has 5 heteroatoms. The third-order valence-corrected chi connectivity index (χ3v) is 1.58. The number of aromatic amines is 1. The summed E-state index contributed by atoms with van der Waals surface area (Å²) in [6, 6.07) is 5.19. The fourth-order valence-electron chi connectivity index (χ4n) is 1.04. The summed E-state index contributed by atoms with van der Waals surface area (Å²) in [6.07, 6.45) is 1.59. The van der Waals surface area contributed by atoms with E-state index in [4.69, 9.17) is 0 Å². The third kappa shape index (κ3) is 1.09. The van der Waals surface area contributed by atoms with Crippen molar-refractivity contribution in [2.45, 2.75) is 0 Å². The van der Waals surface area contributed by atoms with E-state index >= 15 is 0 Å². The van der Waals surface area contributed by atoms with Gasteiger partial charge in [-0.25, -0.2) is 0 Å². The van der Waals surface area contributed by atoms with Crippen LogP contribution < -0.4 is 4.65 Å². The topological polar surface area (TPSA) is 55.0 Å². The number of hydrogen-bond donors (Lipinski definition) is 1. The second-order valence-electron chi connectivity index (χ2n) is 2.30. The standard InChI is InChI=1S/C7H5BN2O2/c11-8-12-5-1-2-6-7(3-5)10-4-9-6/h1-4H,(H,9,10). The molecule has 0 unspecified atom stereocenters. The molecule has 4 nitrogen and oxygen atoms in total. The molecular weight excluding hydrogens is 155 g/mol. The van der Waals surface area contributed by atoms with Gasteiger partial charge < -0.3 is 0 Å². The summed E-state index contributed by atoms with van der Waals surface area (Å²) in [7, 11) is 0.400. The molecule has 1 aromatic heterocycles. The number of fused-ring (bicyclic) bond motifs is 1. The molecule has 58 valence electrons. The normalized spacial score (nSPS) is 9.67. The van der Waals surface area contributed by atoms with Gasteiger partial charge in [-0.1, -0.05) is 0 Å². The molecule has 1 heterocycles. The van der Waals surface area contributed by atoms with Gasteiger partial charge in [0.1, 0.15) is 0 Å². The van der Waals surface area contributed by atoms with Crippen molar-refractivity contribution < 1.29 is 9.36 Å². The molecule has 12 heavy (non-hydrogen) atoms. The summed E-state index contributed by atoms with van der Waals surface area (Å²) in [6.45, 7) is 0. The molecule has 2 aromatic rings. The Hall–Kier alpha value is -1.65. The third-order valence-electron chi connectivity index (χ3n) is 1.58. The minimum atomic E-state index is 0.400. The molecule has 0 saturated heterocycles. The molecule has 2 rings (SSSR count). The van der Waals surface area contributed by atoms with E-state index in [-0.39, 0.29) is 0 Å². The van der Waals surface area contributed by atoms with Crippen LogP contribution in [0.25, 0.3) is 11.0 Å². The Morgan fingerprint density at radius 2 is 2.42 bits per heavy atom. The Kier molecular flexibility index (Phi) is 1.62. The van der Waals surface area contributed by atoms with E-state index in [9.17, 15) is 4.70 Å². The van der Waals surface area contributed by atoms with Crippen LogP contribution in [0.5, 0.6) is 5.75 Å². The van der Waals surface area contributed by atoms with Crippen molar-refractivity contribution in [2.75, 3.05) is 0 Å². The number of H-pyrrole nitrogens is 1. The van der Waals surface area contributed by atoms with Gasteiger partial charge in [0.15, 0.2) is 0 Å². The van der Waals surface area contributed by atoms with Crippen molar-refractivity contribution in [2.24, 2.45) is 0 Å². The second-order valence-corrected chi connectivity index (χ2v) is 2.30. The number of imidazole rings is 1. The van der Waals surface area contributed by atoms with Crippen molar-refractivity contribution in [3.63, 3.8) is 0 Å². The van der Waals surface area contributed by atoms with Crippen molar-refractivity contribution >= 4 is 18.4 Å². The van der Waals surface area contributed by atoms with Crippen LogP contribution >= 0.6 is 0 Å². The molecule has 0 saturated carbocycles. The van der Waals surface area contributed by atoms with Crippen LogP contribution in [-0.4, -0.2) is 17.3 Å². The SMILES string of the molecule is O=BOc1ccc2nc[nH]c2c1. The molecule has 0 aliphatic heterocycles. The van der Waals surface area contributed by atoms with Crippen LogP contribution in [0, 0.1) is 0 Å². The quantitative estimate of drug-likeness (QED) is 0.664. The number of rotatable bonds is 2. The molecule has 0 amide bonds. The first-order valence-corrected chi connectivity index (χ1v) is 3.43. The van der Waals surface area contributed by atoms with Gasteiger partial charge in [0.25, 0.3) is 0 Å². The van der Waals surface area contributed by atoms with Crippen molar-refractivity contribution in [3.8, 4) is 5.75 Å². The molecule has 1 N–H and O–H groups in total. The second kappa shape index (κ2) is 2.77. The average Bonchev–Trinajstić information content (AvgIpc) is 2.51. The van der Waals surface area contributed by atoms with Crippen molar-refractivity contribution in [1.29, 1.82) is 0 Å². The average molecular weight is 160 g/mol. The van der Waals surface area contributed by atoms with E-state index in [1.165, 1.54) is 0 Å². The van der Waals surface area contributed by atoms with Gasteiger partial charge in [-0.05, 0) is 0 Å². The molecule has 0 aliphatic carbocycles. The van der Waals surface area contributed by atoms with Gasteiger partial charge in [0, 0.05) is 0 Å². The van der Waals surface area contributed by atoms with E-state index in [0.717, 1.165) is 11.0 Å². The first kappa shape index (κ1) is 7.03. The van der Waals surface area contributed by atoms with Crippen LogP contribution in [0.2, 0.25) is 0 Å². The Morgan fingerprint density at radius 1 is 1.50 bits per heavy atom. The Labute approximate surface area is 68.9 Å². The first-order chi connectivity index (χ1) is 5.90. The Bertz CT molecular complexity index is 412. The van der Waals surface area contributed by atoms with E-state index in [0.29, 0.717) is 13.1 Å². The molecule has 0 aliphatic rings. The number of nitrogens with zero attached hydrogens (tertiary/aromatic N) is 1. The Morgan fingerprint density at radius 3 is 3.25 bits per heavy atom. The summed E-state index contributed by atoms with van der Waals surface area (Å²) >= 11 is 0. The van der Waals surface area contributed by atoms with Crippen molar-refractivity contribution in [3.05, 3.63) is 24.5 Å². The van der Waals surface area contributed by atoms with Gasteiger partial charge in [-0.2, -0.15) is 0 Å². The molecule has 0 radical (unpaired) electrons. The van der Waals surface area contributed by atoms with Crippen LogP contribution in [0.1, 0.15) is 0 Å². The number of nitrogens with one attached hydrogen (secondary N) is 1. The maximum absolute atomic E-state index is 10.0. The number of benzene rings is 1. The zero-order valence-corrected chi connectivity index (χ0v) is 6.15. The van der Waals surface area contributed by atoms with Crippen LogP contribution in [0.3, 0.4) is 0 Å². The van der Waals surface area contributed by atoms with Gasteiger partial charge in [-0.15, -0.1) is 0 Å². The molecule has 0 fully saturated rings. The fraction of sp³-hybridized carbons (Fsp3) is 0. The van der Waals surface area contributed by atoms with Gasteiger partial charge in [0.05, 0.1) is 0 Å². The minimum absolute atomic E-state index is 0.400. The van der Waals surface area contributed by atoms with Crippen LogP contribution in [-0.2, 0) is 4.70 Å². The maximum atomic E-state index is 10.0. The predicted molar refractivity (Wildman–Crippen MR) is 43.2 cm³/mol. The summed E-state index contributed by atoms with van der Waals surface area (Å²) in [5.74, 6) is 0.516. The summed E-state index contributed by atoms with van der Waals surface area (Å²) < 4.78 is 14.7. The predicted octanol–water partition coefficient (Wildman–Crippen LogP) is 0.906. The monoisotopic (exact) mass is 160 g/mol. The van der Waals surface area contributed by atoms with E-state index in [1.807, 2.05) is 0 Å². The molecule has 1 aromatic carbocycles. The fourth-order valence-corrected chi connectivity index (χ4v) is 1.04. The first-order valence-electron chi connectivity index (χ1n) is 3.43. The molecule has 0 bridgehead atoms. The van der Waals surface area contributed by atoms with Gasteiger partial charge in [-0.3, -0.25) is 0 Å². The van der Waals surface area contributed by atoms with Crippen LogP contribution in [0.15, 0.2) is 24.5 Å². The number of aromatic nitrogens is 2. The molecule has 0 spiro atoms. The van der Waals surface area contributed by atoms with E-state index < -0.39 is 0 Å². The van der Waals surface area contributed by atoms with E-state index in [1.54, 1.807) is 24.5 Å². The zero-order chi connectivity index (χ0) is 8.39. The van der Waals surface area contributed by atoms with Crippen molar-refractivity contribution in [1.82, 2.24) is 9.97 Å². The summed E-state index contributed by atoms with van der Waals surface area (Å²) in [5, 5.41) is 0. The number of hydrogen-bond acceptors (Lipinski definition) is 3. The van der Waals surface area contributed by atoms with E-state index in [2.05, 4.69) is 14.6 Å². The van der Waals surface area contributed by atoms with Gasteiger partial charge in [0.2, 0.25) is 0 Å².